The molecule has 0 saturated carbocycles. The second kappa shape index (κ2) is 16.9. The molecular formula is C66H44N2O. The van der Waals surface area contributed by atoms with E-state index in [4.69, 9.17) is 4.42 Å². The van der Waals surface area contributed by atoms with Crippen LogP contribution >= 0.6 is 0 Å². The third-order valence-electron chi connectivity index (χ3n) is 13.6. The maximum Gasteiger partial charge on any atom is 0.143 e. The molecule has 13 aromatic rings. The molecule has 2 aromatic heterocycles. The van der Waals surface area contributed by atoms with E-state index in [9.17, 15) is 0 Å². The van der Waals surface area contributed by atoms with E-state index in [0.29, 0.717) is 0 Å². The van der Waals surface area contributed by atoms with Gasteiger partial charge in [0.2, 0.25) is 0 Å². The lowest BCUT2D eigenvalue weighted by atomic mass is 9.98. The van der Waals surface area contributed by atoms with Crippen LogP contribution in [-0.4, -0.2) is 4.57 Å². The average molecular weight is 881 g/mol. The number of hydrogen-bond donors (Lipinski definition) is 0. The number of aromatic nitrogens is 1. The molecule has 0 unspecified atom stereocenters. The molecule has 324 valence electrons. The molecule has 3 nitrogen and oxygen atoms in total. The van der Waals surface area contributed by atoms with Gasteiger partial charge in [0.25, 0.3) is 0 Å². The van der Waals surface area contributed by atoms with Crippen LogP contribution in [0.4, 0.5) is 17.1 Å². The molecule has 0 N–H and O–H groups in total. The van der Waals surface area contributed by atoms with Gasteiger partial charge in [0.15, 0.2) is 0 Å². The molecule has 0 aliphatic heterocycles. The molecule has 13 rings (SSSR count). The molecule has 0 bridgehead atoms. The van der Waals surface area contributed by atoms with Gasteiger partial charge in [-0.25, -0.2) is 0 Å². The number of furan rings is 1. The molecule has 0 radical (unpaired) electrons. The molecule has 0 amide bonds. The Kier molecular flexibility index (Phi) is 9.84. The van der Waals surface area contributed by atoms with Crippen LogP contribution in [0.25, 0.3) is 105 Å². The largest absolute Gasteiger partial charge is 0.455 e. The molecule has 2 heterocycles. The molecule has 0 atom stereocenters. The second-order valence-corrected chi connectivity index (χ2v) is 17.7. The molecule has 11 aromatic carbocycles. The van der Waals surface area contributed by atoms with Crippen molar-refractivity contribution in [3.63, 3.8) is 0 Å². The predicted molar refractivity (Wildman–Crippen MR) is 290 cm³/mol. The molecule has 0 aliphatic carbocycles. The fourth-order valence-electron chi connectivity index (χ4n) is 10.3. The minimum Gasteiger partial charge on any atom is -0.455 e. The van der Waals surface area contributed by atoms with Gasteiger partial charge in [0, 0.05) is 49.7 Å². The smallest absolute Gasteiger partial charge is 0.143 e. The van der Waals surface area contributed by atoms with Gasteiger partial charge >= 0.3 is 0 Å². The predicted octanol–water partition coefficient (Wildman–Crippen LogP) is 18.5. The highest BCUT2D eigenvalue weighted by Gasteiger charge is 2.19. The number of fused-ring (bicyclic) bond motifs is 6. The Bertz CT molecular complexity index is 3940. The van der Waals surface area contributed by atoms with Crippen molar-refractivity contribution in [2.45, 2.75) is 0 Å². The van der Waals surface area contributed by atoms with Gasteiger partial charge in [0.05, 0.1) is 16.7 Å². The van der Waals surface area contributed by atoms with Crippen LogP contribution in [0.3, 0.4) is 0 Å². The van der Waals surface area contributed by atoms with E-state index in [2.05, 4.69) is 264 Å². The van der Waals surface area contributed by atoms with Gasteiger partial charge in [-0.05, 0) is 105 Å². The van der Waals surface area contributed by atoms with Gasteiger partial charge < -0.3 is 13.9 Å². The highest BCUT2D eigenvalue weighted by Crippen LogP contribution is 2.42. The van der Waals surface area contributed by atoms with Gasteiger partial charge in [0.1, 0.15) is 11.2 Å². The number of anilines is 3. The SMILES string of the molecule is c1ccc(-c2ccc(-c3cccc(N(c4ccc(-c5ccc(-c6ccccc6-n6c7ccccc7c7ccccc76)cc5)cc4)c4cccc(-c5cccc6c5oc5ccccc56)c4)c3)cc2)cc1. The first-order valence-electron chi connectivity index (χ1n) is 23.6. The average Bonchev–Trinajstić information content (AvgIpc) is 3.98. The van der Waals surface area contributed by atoms with E-state index >= 15 is 0 Å². The van der Waals surface area contributed by atoms with Crippen LogP contribution in [0.5, 0.6) is 0 Å². The molecule has 0 aliphatic rings. The van der Waals surface area contributed by atoms with Crippen molar-refractivity contribution in [3.05, 3.63) is 267 Å². The summed E-state index contributed by atoms with van der Waals surface area (Å²) in [5, 5.41) is 4.76. The Morgan fingerprint density at radius 2 is 0.725 bits per heavy atom. The van der Waals surface area contributed by atoms with Crippen molar-refractivity contribution in [3.8, 4) is 61.3 Å². The van der Waals surface area contributed by atoms with Gasteiger partial charge in [-0.3, -0.25) is 0 Å². The normalized spacial score (nSPS) is 11.5. The lowest BCUT2D eigenvalue weighted by molar-refractivity contribution is 0.670. The quantitative estimate of drug-likeness (QED) is 0.144. The number of benzene rings is 11. The van der Waals surface area contributed by atoms with Crippen LogP contribution in [0, 0.1) is 0 Å². The topological polar surface area (TPSA) is 21.3 Å². The summed E-state index contributed by atoms with van der Waals surface area (Å²) in [5.74, 6) is 0. The molecule has 0 saturated heterocycles. The van der Waals surface area contributed by atoms with Crippen molar-refractivity contribution < 1.29 is 4.42 Å². The highest BCUT2D eigenvalue weighted by molar-refractivity contribution is 6.11. The standard InChI is InChI=1S/C66H44N2O/c1-2-15-45(16-3-1)46-31-33-49(34-32-46)51-17-12-19-54(43-51)67(55-20-13-18-52(44-55)57-25-14-26-61-60-24-7-11-30-65(60)69-66(57)61)53-41-39-48(40-42-53)47-35-37-50(38-36-47)56-21-4-8-27-62(56)68-63-28-9-5-22-58(63)59-23-6-10-29-64(59)68/h1-44H. The zero-order valence-electron chi connectivity index (χ0n) is 37.7. The monoisotopic (exact) mass is 880 g/mol. The first-order chi connectivity index (χ1) is 34.2. The Labute approximate surface area is 401 Å². The van der Waals surface area contributed by atoms with E-state index in [1.807, 2.05) is 12.1 Å². The molecule has 3 heteroatoms. The van der Waals surface area contributed by atoms with Crippen molar-refractivity contribution in [1.82, 2.24) is 4.57 Å². The van der Waals surface area contributed by atoms with Gasteiger partial charge in [-0.15, -0.1) is 0 Å². The number of para-hydroxylation sites is 5. The minimum absolute atomic E-state index is 0.894. The Morgan fingerprint density at radius 3 is 1.41 bits per heavy atom. The Morgan fingerprint density at radius 1 is 0.275 bits per heavy atom. The minimum atomic E-state index is 0.894. The van der Waals surface area contributed by atoms with Crippen LogP contribution < -0.4 is 4.90 Å². The first-order valence-corrected chi connectivity index (χ1v) is 23.6. The van der Waals surface area contributed by atoms with E-state index in [1.54, 1.807) is 0 Å². The maximum atomic E-state index is 6.54. The Hall–Kier alpha value is -9.18. The van der Waals surface area contributed by atoms with Crippen LogP contribution in [-0.2, 0) is 0 Å². The summed E-state index contributed by atoms with van der Waals surface area (Å²) in [7, 11) is 0. The van der Waals surface area contributed by atoms with E-state index in [0.717, 1.165) is 66.8 Å². The zero-order chi connectivity index (χ0) is 45.7. The van der Waals surface area contributed by atoms with Crippen molar-refractivity contribution in [2.24, 2.45) is 0 Å². The first kappa shape index (κ1) is 40.1. The van der Waals surface area contributed by atoms with E-state index < -0.39 is 0 Å². The second-order valence-electron chi connectivity index (χ2n) is 17.7. The van der Waals surface area contributed by atoms with Crippen LogP contribution in [0.1, 0.15) is 0 Å². The third-order valence-corrected chi connectivity index (χ3v) is 13.6. The summed E-state index contributed by atoms with van der Waals surface area (Å²) in [6, 6.07) is 96.0. The van der Waals surface area contributed by atoms with Gasteiger partial charge in [-0.2, -0.15) is 0 Å². The summed E-state index contributed by atoms with van der Waals surface area (Å²) < 4.78 is 8.94. The van der Waals surface area contributed by atoms with Crippen molar-refractivity contribution in [1.29, 1.82) is 0 Å². The summed E-state index contributed by atoms with van der Waals surface area (Å²) in [4.78, 5) is 2.36. The maximum absolute atomic E-state index is 6.54. The number of hydrogen-bond acceptors (Lipinski definition) is 2. The number of nitrogens with zero attached hydrogens (tertiary/aromatic N) is 2. The summed E-state index contributed by atoms with van der Waals surface area (Å²) in [6.45, 7) is 0. The summed E-state index contributed by atoms with van der Waals surface area (Å²) >= 11 is 0. The lowest BCUT2D eigenvalue weighted by Crippen LogP contribution is -2.10. The van der Waals surface area contributed by atoms with Gasteiger partial charge in [-0.1, -0.05) is 206 Å². The van der Waals surface area contributed by atoms with Crippen LogP contribution in [0.15, 0.2) is 271 Å². The van der Waals surface area contributed by atoms with E-state index in [1.165, 1.54) is 55.3 Å². The van der Waals surface area contributed by atoms with Crippen molar-refractivity contribution in [2.75, 3.05) is 4.90 Å². The fourth-order valence-corrected chi connectivity index (χ4v) is 10.3. The highest BCUT2D eigenvalue weighted by atomic mass is 16.3. The van der Waals surface area contributed by atoms with Crippen molar-refractivity contribution >= 4 is 60.8 Å². The molecule has 0 spiro atoms. The molecule has 0 fully saturated rings. The zero-order valence-corrected chi connectivity index (χ0v) is 37.7. The Balaban J connectivity index is 0.870. The fraction of sp³-hybridized carbons (Fsp3) is 0. The van der Waals surface area contributed by atoms with Crippen LogP contribution in [0.2, 0.25) is 0 Å². The molecule has 69 heavy (non-hydrogen) atoms. The third kappa shape index (κ3) is 7.16. The summed E-state index contributed by atoms with van der Waals surface area (Å²) in [5.41, 5.74) is 20.1. The number of rotatable bonds is 9. The van der Waals surface area contributed by atoms with E-state index in [-0.39, 0.29) is 0 Å². The lowest BCUT2D eigenvalue weighted by Gasteiger charge is -2.27. The summed E-state index contributed by atoms with van der Waals surface area (Å²) in [6.07, 6.45) is 0. The molecular weight excluding hydrogens is 837 g/mol.